The molecule has 1 aliphatic heterocycles. The van der Waals surface area contributed by atoms with E-state index in [1.807, 2.05) is 29.8 Å². The molecule has 2 fully saturated rings. The summed E-state index contributed by atoms with van der Waals surface area (Å²) in [6, 6.07) is 6.10. The first kappa shape index (κ1) is 18.7. The minimum Gasteiger partial charge on any atom is -0.339 e. The van der Waals surface area contributed by atoms with Crippen LogP contribution in [0.4, 0.5) is 22.4 Å². The molecule has 1 saturated heterocycles. The van der Waals surface area contributed by atoms with E-state index in [1.165, 1.54) is 12.8 Å². The number of nitrogens with zero attached hydrogens (tertiary/aromatic N) is 5. The third-order valence-electron chi connectivity index (χ3n) is 5.68. The Morgan fingerprint density at radius 1 is 1.27 bits per heavy atom. The third kappa shape index (κ3) is 3.89. The molecule has 2 amide bonds. The van der Waals surface area contributed by atoms with Gasteiger partial charge < -0.3 is 20.9 Å². The summed E-state index contributed by atoms with van der Waals surface area (Å²) in [6.07, 6.45) is 6.08. The first-order valence-corrected chi connectivity index (χ1v) is 10.7. The van der Waals surface area contributed by atoms with E-state index < -0.39 is 0 Å². The van der Waals surface area contributed by atoms with Crippen LogP contribution in [0.5, 0.6) is 0 Å². The van der Waals surface area contributed by atoms with Crippen molar-refractivity contribution in [2.24, 2.45) is 0 Å². The highest BCUT2D eigenvalue weighted by atomic mass is 16.2. The number of fused-ring (bicyclic) bond motifs is 1. The van der Waals surface area contributed by atoms with E-state index in [9.17, 15) is 4.79 Å². The summed E-state index contributed by atoms with van der Waals surface area (Å²) in [5.74, 6) is 2.87. The lowest BCUT2D eigenvalue weighted by Gasteiger charge is -2.32. The second kappa shape index (κ2) is 7.85. The van der Waals surface area contributed by atoms with E-state index >= 15 is 0 Å². The van der Waals surface area contributed by atoms with Gasteiger partial charge in [0.05, 0.1) is 5.69 Å². The van der Waals surface area contributed by atoms with Gasteiger partial charge in [0.15, 0.2) is 5.82 Å². The van der Waals surface area contributed by atoms with E-state index in [0.717, 1.165) is 48.8 Å². The lowest BCUT2D eigenvalue weighted by molar-refractivity contribution is 0.235. The molecule has 0 radical (unpaired) electrons. The summed E-state index contributed by atoms with van der Waals surface area (Å²) in [5.41, 5.74) is 2.02. The molecular weight excluding hydrogens is 382 g/mol. The van der Waals surface area contributed by atoms with Crippen LogP contribution < -0.4 is 20.9 Å². The van der Waals surface area contributed by atoms with Crippen LogP contribution in [0.1, 0.15) is 44.2 Å². The Bertz CT molecular complexity index is 1030. The molecule has 2 aliphatic rings. The molecule has 0 unspecified atom stereocenters. The highest BCUT2D eigenvalue weighted by Crippen LogP contribution is 2.39. The average Bonchev–Trinajstić information content (AvgIpc) is 3.29. The van der Waals surface area contributed by atoms with E-state index in [-0.39, 0.29) is 12.1 Å². The zero-order valence-corrected chi connectivity index (χ0v) is 17.1. The molecule has 30 heavy (non-hydrogen) atoms. The van der Waals surface area contributed by atoms with Gasteiger partial charge in [0.1, 0.15) is 11.3 Å². The number of carbonyl (C=O) groups excluding carboxylic acids is 1. The Balaban J connectivity index is 1.31. The van der Waals surface area contributed by atoms with E-state index in [0.29, 0.717) is 18.4 Å². The molecule has 3 aromatic heterocycles. The Hall–Kier alpha value is -3.30. The Kier molecular flexibility index (Phi) is 4.89. The van der Waals surface area contributed by atoms with E-state index in [1.54, 1.807) is 0 Å². The van der Waals surface area contributed by atoms with Crippen LogP contribution in [0.25, 0.3) is 5.52 Å². The lowest BCUT2D eigenvalue weighted by atomic mass is 10.1. The van der Waals surface area contributed by atoms with Crippen LogP contribution in [-0.2, 0) is 0 Å². The zero-order valence-electron chi connectivity index (χ0n) is 17.1. The monoisotopic (exact) mass is 409 g/mol. The molecule has 10 nitrogen and oxygen atoms in total. The molecule has 158 valence electrons. The van der Waals surface area contributed by atoms with Crippen molar-refractivity contribution in [3.8, 4) is 0 Å². The van der Waals surface area contributed by atoms with Crippen molar-refractivity contribution in [3.63, 3.8) is 0 Å². The number of H-pyrrole nitrogens is 1. The van der Waals surface area contributed by atoms with Crippen LogP contribution in [0.3, 0.4) is 0 Å². The Morgan fingerprint density at radius 2 is 2.10 bits per heavy atom. The molecular formula is C20H27N9O. The number of aromatic amines is 1. The first-order valence-electron chi connectivity index (χ1n) is 10.7. The number of carbonyl (C=O) groups is 1. The second-order valence-corrected chi connectivity index (χ2v) is 7.97. The van der Waals surface area contributed by atoms with Gasteiger partial charge in [-0.15, -0.1) is 5.10 Å². The molecule has 1 aliphatic carbocycles. The summed E-state index contributed by atoms with van der Waals surface area (Å²) in [4.78, 5) is 18.7. The fourth-order valence-corrected chi connectivity index (χ4v) is 3.89. The summed E-state index contributed by atoms with van der Waals surface area (Å²) >= 11 is 0. The number of anilines is 3. The minimum absolute atomic E-state index is 0.0995. The number of rotatable bonds is 6. The maximum Gasteiger partial charge on any atom is 0.314 e. The number of piperidine rings is 1. The summed E-state index contributed by atoms with van der Waals surface area (Å²) in [7, 11) is 0. The smallest absolute Gasteiger partial charge is 0.314 e. The van der Waals surface area contributed by atoms with Crippen LogP contribution in [0, 0.1) is 0 Å². The molecule has 0 spiro atoms. The van der Waals surface area contributed by atoms with Gasteiger partial charge in [-0.25, -0.2) is 9.31 Å². The zero-order chi connectivity index (χ0) is 20.5. The summed E-state index contributed by atoms with van der Waals surface area (Å²) < 4.78 is 1.85. The number of aromatic nitrogens is 5. The van der Waals surface area contributed by atoms with Crippen LogP contribution in [0.2, 0.25) is 0 Å². The molecule has 5 rings (SSSR count). The first-order chi connectivity index (χ1) is 14.7. The number of nitrogens with one attached hydrogen (secondary N) is 4. The Morgan fingerprint density at radius 3 is 2.87 bits per heavy atom. The molecule has 0 bridgehead atoms. The van der Waals surface area contributed by atoms with Crippen LogP contribution in [0.15, 0.2) is 24.4 Å². The van der Waals surface area contributed by atoms with Gasteiger partial charge in [-0.2, -0.15) is 10.1 Å². The topological polar surface area (TPSA) is 115 Å². The number of hydrogen-bond donors (Lipinski definition) is 4. The van der Waals surface area contributed by atoms with Gasteiger partial charge in [0, 0.05) is 43.9 Å². The molecule has 10 heteroatoms. The molecule has 4 heterocycles. The van der Waals surface area contributed by atoms with Crippen molar-refractivity contribution < 1.29 is 4.79 Å². The summed E-state index contributed by atoms with van der Waals surface area (Å²) in [6.45, 7) is 4.13. The normalized spacial score (nSPS) is 17.3. The largest absolute Gasteiger partial charge is 0.339 e. The Labute approximate surface area is 174 Å². The second-order valence-electron chi connectivity index (χ2n) is 7.97. The van der Waals surface area contributed by atoms with Gasteiger partial charge in [0.2, 0.25) is 5.95 Å². The molecule has 0 aromatic carbocycles. The number of hydrogen-bond acceptors (Lipinski definition) is 6. The third-order valence-corrected chi connectivity index (χ3v) is 5.68. The van der Waals surface area contributed by atoms with Crippen molar-refractivity contribution in [2.45, 2.75) is 44.6 Å². The summed E-state index contributed by atoms with van der Waals surface area (Å²) in [5, 5.41) is 21.4. The standard InChI is InChI=1S/C20H27N9O/c1-2-21-20(30)22-14-7-10-28(11-8-14)19-24-18(16-4-3-9-29(16)27-19)23-17-12-15(25-26-17)13-5-6-13/h3-4,9,12-14H,2,5-8,10-11H2,1H3,(H2,21,22,30)(H2,23,24,25,26,27). The maximum atomic E-state index is 11.8. The quantitative estimate of drug-likeness (QED) is 0.497. The van der Waals surface area contributed by atoms with Crippen molar-refractivity contribution in [1.82, 2.24) is 35.4 Å². The molecule has 3 aromatic rings. The predicted molar refractivity (Wildman–Crippen MR) is 114 cm³/mol. The van der Waals surface area contributed by atoms with Gasteiger partial charge >= 0.3 is 6.03 Å². The van der Waals surface area contributed by atoms with Gasteiger partial charge in [-0.3, -0.25) is 5.10 Å². The molecule has 4 N–H and O–H groups in total. The van der Waals surface area contributed by atoms with Crippen LogP contribution in [-0.4, -0.2) is 56.5 Å². The minimum atomic E-state index is -0.0995. The predicted octanol–water partition coefficient (Wildman–Crippen LogP) is 2.36. The lowest BCUT2D eigenvalue weighted by Crippen LogP contribution is -2.48. The fraction of sp³-hybridized carbons (Fsp3) is 0.500. The van der Waals surface area contributed by atoms with Gasteiger partial charge in [0.25, 0.3) is 0 Å². The SMILES string of the molecule is CCNC(=O)NC1CCN(c2nc(Nc3cc(C4CC4)n[nH]3)c3cccn3n2)CC1. The van der Waals surface area contributed by atoms with Crippen LogP contribution >= 0.6 is 0 Å². The van der Waals surface area contributed by atoms with E-state index in [4.69, 9.17) is 4.98 Å². The molecule has 1 saturated carbocycles. The van der Waals surface area contributed by atoms with Gasteiger partial charge in [-0.05, 0) is 44.7 Å². The van der Waals surface area contributed by atoms with Gasteiger partial charge in [-0.1, -0.05) is 0 Å². The highest BCUT2D eigenvalue weighted by Gasteiger charge is 2.27. The highest BCUT2D eigenvalue weighted by molar-refractivity contribution is 5.74. The number of amides is 2. The van der Waals surface area contributed by atoms with E-state index in [2.05, 4.69) is 42.2 Å². The van der Waals surface area contributed by atoms with Crippen molar-refractivity contribution in [1.29, 1.82) is 0 Å². The average molecular weight is 409 g/mol. The van der Waals surface area contributed by atoms with Crippen molar-refractivity contribution in [3.05, 3.63) is 30.1 Å². The number of urea groups is 1. The van der Waals surface area contributed by atoms with Crippen molar-refractivity contribution in [2.75, 3.05) is 29.9 Å². The fourth-order valence-electron chi connectivity index (χ4n) is 3.89. The maximum absolute atomic E-state index is 11.8. The van der Waals surface area contributed by atoms with Crippen molar-refractivity contribution >= 4 is 29.1 Å². The molecule has 0 atom stereocenters.